The molecule has 0 amide bonds. The molecule has 1 aromatic carbocycles. The molecule has 4 heteroatoms. The lowest BCUT2D eigenvalue weighted by Gasteiger charge is -2.11. The molecule has 4 nitrogen and oxygen atoms in total. The van der Waals surface area contributed by atoms with Crippen LogP contribution in [0.15, 0.2) is 55.2 Å². The van der Waals surface area contributed by atoms with Crippen LogP contribution in [0.5, 0.6) is 11.5 Å². The lowest BCUT2D eigenvalue weighted by molar-refractivity contribution is 0.103. The number of Topliss-reactive ketones (excluding diaryl/α,β-unsaturated/α-hetero) is 1. The summed E-state index contributed by atoms with van der Waals surface area (Å²) in [7, 11) is 1.56. The average molecular weight is 272 g/mol. The number of hydrogen-bond acceptors (Lipinski definition) is 4. The van der Waals surface area contributed by atoms with Gasteiger partial charge in [0.25, 0.3) is 0 Å². The van der Waals surface area contributed by atoms with Crippen LogP contribution in [-0.4, -0.2) is 25.8 Å². The second kappa shape index (κ2) is 6.21. The van der Waals surface area contributed by atoms with Gasteiger partial charge in [0.2, 0.25) is 6.29 Å². The molecule has 0 bridgehead atoms. The fourth-order valence-electron chi connectivity index (χ4n) is 1.68. The Balaban J connectivity index is 2.37. The van der Waals surface area contributed by atoms with E-state index in [9.17, 15) is 4.79 Å². The van der Waals surface area contributed by atoms with Gasteiger partial charge < -0.3 is 14.2 Å². The van der Waals surface area contributed by atoms with E-state index in [1.165, 1.54) is 6.08 Å². The van der Waals surface area contributed by atoms with Gasteiger partial charge >= 0.3 is 0 Å². The second-order valence-corrected chi connectivity index (χ2v) is 4.13. The topological polar surface area (TPSA) is 48.1 Å². The highest BCUT2D eigenvalue weighted by atomic mass is 16.8. The van der Waals surface area contributed by atoms with Gasteiger partial charge in [0.05, 0.1) is 12.7 Å². The number of ketones is 1. The summed E-state index contributed by atoms with van der Waals surface area (Å²) in [5.41, 5.74) is 0.890. The van der Waals surface area contributed by atoms with E-state index < -0.39 is 0 Å². The third-order valence-electron chi connectivity index (χ3n) is 2.77. The van der Waals surface area contributed by atoms with Gasteiger partial charge in [0.1, 0.15) is 18.1 Å². The Morgan fingerprint density at radius 1 is 1.45 bits per heavy atom. The van der Waals surface area contributed by atoms with Gasteiger partial charge in [0.15, 0.2) is 5.78 Å². The molecule has 1 aliphatic rings. The minimum absolute atomic E-state index is 0.182. The number of ether oxygens (including phenoxy) is 3. The zero-order valence-electron chi connectivity index (χ0n) is 11.3. The first kappa shape index (κ1) is 14.1. The Kier molecular flexibility index (Phi) is 4.38. The van der Waals surface area contributed by atoms with Crippen molar-refractivity contribution in [2.45, 2.75) is 6.29 Å². The fourth-order valence-corrected chi connectivity index (χ4v) is 1.68. The van der Waals surface area contributed by atoms with E-state index in [-0.39, 0.29) is 12.1 Å². The predicted octanol–water partition coefficient (Wildman–Crippen LogP) is 2.91. The number of carbonyl (C=O) groups is 1. The summed E-state index contributed by atoms with van der Waals surface area (Å²) in [4.78, 5) is 12.4. The van der Waals surface area contributed by atoms with Crippen LogP contribution in [0.2, 0.25) is 0 Å². The molecule has 1 aliphatic heterocycles. The van der Waals surface area contributed by atoms with Crippen molar-refractivity contribution in [2.24, 2.45) is 0 Å². The number of benzene rings is 1. The lowest BCUT2D eigenvalue weighted by atomic mass is 10.0. The maximum absolute atomic E-state index is 12.4. The van der Waals surface area contributed by atoms with Gasteiger partial charge in [-0.05, 0) is 12.1 Å². The fraction of sp³-hybridized carbons (Fsp3) is 0.188. The first-order valence-corrected chi connectivity index (χ1v) is 6.15. The van der Waals surface area contributed by atoms with Gasteiger partial charge in [-0.25, -0.2) is 0 Å². The maximum atomic E-state index is 12.4. The maximum Gasteiger partial charge on any atom is 0.223 e. The average Bonchev–Trinajstić information content (AvgIpc) is 3.28. The lowest BCUT2D eigenvalue weighted by Crippen LogP contribution is -2.08. The van der Waals surface area contributed by atoms with Gasteiger partial charge in [0, 0.05) is 11.6 Å². The Hall–Kier alpha value is -2.33. The quantitative estimate of drug-likeness (QED) is 0.331. The van der Waals surface area contributed by atoms with Crippen LogP contribution in [-0.2, 0) is 4.74 Å². The molecule has 104 valence electrons. The van der Waals surface area contributed by atoms with Crippen molar-refractivity contribution >= 4 is 5.78 Å². The van der Waals surface area contributed by atoms with Crippen molar-refractivity contribution in [1.82, 2.24) is 0 Å². The normalized spacial score (nSPS) is 17.2. The SMILES string of the molecule is C=C/C=C(\C=C)C(=O)c1ccc(OC)cc1OC1CO1. The molecule has 2 rings (SSSR count). The molecule has 0 aliphatic carbocycles. The van der Waals surface area contributed by atoms with Crippen molar-refractivity contribution in [1.29, 1.82) is 0 Å². The minimum atomic E-state index is -0.288. The Labute approximate surface area is 118 Å². The van der Waals surface area contributed by atoms with E-state index in [0.717, 1.165) is 0 Å². The van der Waals surface area contributed by atoms with Gasteiger partial charge in [-0.15, -0.1) is 0 Å². The van der Waals surface area contributed by atoms with Crippen LogP contribution in [0, 0.1) is 0 Å². The highest BCUT2D eigenvalue weighted by Crippen LogP contribution is 2.30. The highest BCUT2D eigenvalue weighted by Gasteiger charge is 2.27. The van der Waals surface area contributed by atoms with E-state index in [1.807, 2.05) is 0 Å². The zero-order valence-corrected chi connectivity index (χ0v) is 11.3. The third kappa shape index (κ3) is 3.16. The summed E-state index contributed by atoms with van der Waals surface area (Å²) in [5, 5.41) is 0. The van der Waals surface area contributed by atoms with Crippen LogP contribution in [0.1, 0.15) is 10.4 Å². The first-order valence-electron chi connectivity index (χ1n) is 6.15. The Bertz CT molecular complexity index is 568. The minimum Gasteiger partial charge on any atom is -0.497 e. The predicted molar refractivity (Wildman–Crippen MR) is 76.2 cm³/mol. The summed E-state index contributed by atoms with van der Waals surface area (Å²) in [5.74, 6) is 0.872. The molecule has 0 radical (unpaired) electrons. The van der Waals surface area contributed by atoms with Crippen molar-refractivity contribution in [3.05, 3.63) is 60.7 Å². The first-order chi connectivity index (χ1) is 9.69. The largest absolute Gasteiger partial charge is 0.497 e. The van der Waals surface area contributed by atoms with Crippen LogP contribution in [0.4, 0.5) is 0 Å². The molecular weight excluding hydrogens is 256 g/mol. The van der Waals surface area contributed by atoms with E-state index in [2.05, 4.69) is 13.2 Å². The van der Waals surface area contributed by atoms with Crippen LogP contribution in [0.3, 0.4) is 0 Å². The zero-order chi connectivity index (χ0) is 14.5. The summed E-state index contributed by atoms with van der Waals surface area (Å²) in [6.07, 6.45) is 4.36. The molecule has 0 aromatic heterocycles. The van der Waals surface area contributed by atoms with E-state index in [1.54, 1.807) is 37.5 Å². The molecule has 1 fully saturated rings. The molecule has 0 N–H and O–H groups in total. The molecule has 20 heavy (non-hydrogen) atoms. The Morgan fingerprint density at radius 2 is 2.20 bits per heavy atom. The Morgan fingerprint density at radius 3 is 2.75 bits per heavy atom. The summed E-state index contributed by atoms with van der Waals surface area (Å²) in [6.45, 7) is 7.75. The van der Waals surface area contributed by atoms with E-state index >= 15 is 0 Å². The second-order valence-electron chi connectivity index (χ2n) is 4.13. The number of epoxide rings is 1. The molecule has 0 saturated carbocycles. The molecular formula is C16H16O4. The summed E-state index contributed by atoms with van der Waals surface area (Å²) >= 11 is 0. The summed E-state index contributed by atoms with van der Waals surface area (Å²) in [6, 6.07) is 5.05. The van der Waals surface area contributed by atoms with Gasteiger partial charge in [-0.2, -0.15) is 0 Å². The van der Waals surface area contributed by atoms with E-state index in [4.69, 9.17) is 14.2 Å². The molecule has 1 saturated heterocycles. The summed E-state index contributed by atoms with van der Waals surface area (Å²) < 4.78 is 15.8. The van der Waals surface area contributed by atoms with Crippen LogP contribution < -0.4 is 9.47 Å². The van der Waals surface area contributed by atoms with Crippen LogP contribution in [0.25, 0.3) is 0 Å². The molecule has 1 atom stereocenters. The van der Waals surface area contributed by atoms with Crippen molar-refractivity contribution in [3.8, 4) is 11.5 Å². The smallest absolute Gasteiger partial charge is 0.223 e. The number of hydrogen-bond donors (Lipinski definition) is 0. The van der Waals surface area contributed by atoms with Crippen molar-refractivity contribution < 1.29 is 19.0 Å². The molecule has 0 spiro atoms. The monoisotopic (exact) mass is 272 g/mol. The van der Waals surface area contributed by atoms with Crippen molar-refractivity contribution in [2.75, 3.05) is 13.7 Å². The number of allylic oxidation sites excluding steroid dienone is 4. The van der Waals surface area contributed by atoms with Crippen LogP contribution >= 0.6 is 0 Å². The van der Waals surface area contributed by atoms with Gasteiger partial charge in [-0.1, -0.05) is 31.4 Å². The highest BCUT2D eigenvalue weighted by molar-refractivity contribution is 6.12. The number of methoxy groups -OCH3 is 1. The standard InChI is InChI=1S/C16H16O4/c1-4-6-11(5-2)16(17)13-8-7-12(18-3)9-14(13)20-15-10-19-15/h4-9,15H,1-2,10H2,3H3/b11-6+. The molecule has 1 heterocycles. The van der Waals surface area contributed by atoms with Crippen molar-refractivity contribution in [3.63, 3.8) is 0 Å². The van der Waals surface area contributed by atoms with E-state index in [0.29, 0.717) is 29.2 Å². The molecule has 1 aromatic rings. The molecule has 1 unspecified atom stereocenters. The van der Waals surface area contributed by atoms with Gasteiger partial charge in [-0.3, -0.25) is 4.79 Å². The number of carbonyl (C=O) groups excluding carboxylic acids is 1. The number of rotatable bonds is 7. The third-order valence-corrected chi connectivity index (χ3v) is 2.77.